The van der Waals surface area contributed by atoms with Crippen molar-refractivity contribution in [3.8, 4) is 0 Å². The Labute approximate surface area is 133 Å². The average molecular weight is 318 g/mol. The van der Waals surface area contributed by atoms with E-state index in [-0.39, 0.29) is 6.03 Å². The van der Waals surface area contributed by atoms with Gasteiger partial charge in [-0.1, -0.05) is 23.7 Å². The molecule has 0 unspecified atom stereocenters. The van der Waals surface area contributed by atoms with E-state index in [1.807, 2.05) is 24.3 Å². The molecule has 1 heterocycles. The highest BCUT2D eigenvalue weighted by atomic mass is 35.5. The summed E-state index contributed by atoms with van der Waals surface area (Å²) < 4.78 is 0. The lowest BCUT2D eigenvalue weighted by Crippen LogP contribution is -2.30. The van der Waals surface area contributed by atoms with Gasteiger partial charge < -0.3 is 16.0 Å². The van der Waals surface area contributed by atoms with E-state index in [2.05, 4.69) is 25.9 Å². The van der Waals surface area contributed by atoms with Crippen LogP contribution in [0.4, 0.5) is 16.4 Å². The summed E-state index contributed by atoms with van der Waals surface area (Å²) in [6.07, 6.45) is 5.21. The largest absolute Gasteiger partial charge is 0.350 e. The number of nitrogens with zero attached hydrogens (tertiary/aromatic N) is 2. The fraction of sp³-hybridized carbons (Fsp3) is 0.267. The summed E-state index contributed by atoms with van der Waals surface area (Å²) in [7, 11) is 0. The van der Waals surface area contributed by atoms with Gasteiger partial charge in [-0.25, -0.2) is 14.8 Å². The number of rotatable bonds is 5. The smallest absolute Gasteiger partial charge is 0.319 e. The maximum Gasteiger partial charge on any atom is 0.319 e. The number of benzene rings is 1. The minimum absolute atomic E-state index is 0.159. The summed E-state index contributed by atoms with van der Waals surface area (Å²) in [5.41, 5.74) is 1.78. The van der Waals surface area contributed by atoms with Crippen LogP contribution in [-0.2, 0) is 6.54 Å². The number of aromatic nitrogens is 2. The maximum atomic E-state index is 11.7. The number of halogens is 1. The second-order valence-corrected chi connectivity index (χ2v) is 5.59. The van der Waals surface area contributed by atoms with Crippen molar-refractivity contribution < 1.29 is 4.79 Å². The van der Waals surface area contributed by atoms with Crippen LogP contribution in [0.5, 0.6) is 0 Å². The first kappa shape index (κ1) is 14.6. The van der Waals surface area contributed by atoms with Gasteiger partial charge in [0.25, 0.3) is 0 Å². The second kappa shape index (κ2) is 6.62. The molecule has 1 saturated carbocycles. The molecule has 1 aliphatic carbocycles. The molecule has 3 rings (SSSR count). The van der Waals surface area contributed by atoms with Crippen molar-refractivity contribution >= 4 is 29.3 Å². The van der Waals surface area contributed by atoms with Crippen LogP contribution in [0.2, 0.25) is 5.02 Å². The Hall–Kier alpha value is -2.34. The Bertz CT molecular complexity index is 657. The van der Waals surface area contributed by atoms with Gasteiger partial charge in [0.15, 0.2) is 0 Å². The fourth-order valence-electron chi connectivity index (χ4n) is 1.92. The van der Waals surface area contributed by atoms with Crippen molar-refractivity contribution in [3.05, 3.63) is 47.2 Å². The number of carbonyl (C=O) groups excluding carboxylic acids is 1. The van der Waals surface area contributed by atoms with Crippen LogP contribution in [0, 0.1) is 0 Å². The molecule has 0 bridgehead atoms. The molecule has 22 heavy (non-hydrogen) atoms. The Morgan fingerprint density at radius 3 is 2.77 bits per heavy atom. The monoisotopic (exact) mass is 317 g/mol. The second-order valence-electron chi connectivity index (χ2n) is 5.15. The van der Waals surface area contributed by atoms with E-state index >= 15 is 0 Å². The summed E-state index contributed by atoms with van der Waals surface area (Å²) in [4.78, 5) is 19.9. The van der Waals surface area contributed by atoms with Crippen molar-refractivity contribution in [3.63, 3.8) is 0 Å². The first-order valence-corrected chi connectivity index (χ1v) is 7.45. The highest BCUT2D eigenvalue weighted by Gasteiger charge is 2.23. The lowest BCUT2D eigenvalue weighted by atomic mass is 10.2. The van der Waals surface area contributed by atoms with Crippen molar-refractivity contribution in [2.75, 3.05) is 10.6 Å². The molecule has 0 spiro atoms. The Morgan fingerprint density at radius 1 is 1.27 bits per heavy atom. The molecule has 2 amide bonds. The van der Waals surface area contributed by atoms with E-state index in [0.29, 0.717) is 23.6 Å². The molecular weight excluding hydrogens is 302 g/mol. The minimum Gasteiger partial charge on any atom is -0.350 e. The Kier molecular flexibility index (Phi) is 4.39. The Morgan fingerprint density at radius 2 is 2.05 bits per heavy atom. The lowest BCUT2D eigenvalue weighted by molar-refractivity contribution is 0.251. The predicted molar refractivity (Wildman–Crippen MR) is 86.0 cm³/mol. The third kappa shape index (κ3) is 4.33. The van der Waals surface area contributed by atoms with Crippen molar-refractivity contribution in [2.45, 2.75) is 25.4 Å². The topological polar surface area (TPSA) is 78.9 Å². The molecule has 0 radical (unpaired) electrons. The summed E-state index contributed by atoms with van der Waals surface area (Å²) in [6, 6.07) is 7.81. The summed E-state index contributed by atoms with van der Waals surface area (Å²) in [5.74, 6) is 0.509. The van der Waals surface area contributed by atoms with E-state index < -0.39 is 0 Å². The van der Waals surface area contributed by atoms with Crippen LogP contribution in [0.3, 0.4) is 0 Å². The fourth-order valence-corrected chi connectivity index (χ4v) is 2.02. The standard InChI is InChI=1S/C15H16ClN5O/c16-11-8-18-14(19-9-11)17-7-10-2-1-3-13(6-10)21-15(22)20-12-4-5-12/h1-3,6,8-9,12H,4-5,7H2,(H,17,18,19)(H2,20,21,22). The molecule has 0 aliphatic heterocycles. The first-order chi connectivity index (χ1) is 10.7. The van der Waals surface area contributed by atoms with Crippen molar-refractivity contribution in [2.24, 2.45) is 0 Å². The molecule has 1 fully saturated rings. The zero-order chi connectivity index (χ0) is 15.4. The number of anilines is 2. The van der Waals surface area contributed by atoms with Crippen LogP contribution in [-0.4, -0.2) is 22.0 Å². The molecule has 1 aliphatic rings. The van der Waals surface area contributed by atoms with Gasteiger partial charge in [-0.3, -0.25) is 0 Å². The highest BCUT2D eigenvalue weighted by Crippen LogP contribution is 2.19. The van der Waals surface area contributed by atoms with E-state index in [9.17, 15) is 4.79 Å². The number of carbonyl (C=O) groups is 1. The quantitative estimate of drug-likeness (QED) is 0.792. The van der Waals surface area contributed by atoms with Gasteiger partial charge in [-0.05, 0) is 30.5 Å². The van der Waals surface area contributed by atoms with E-state index in [0.717, 1.165) is 24.1 Å². The van der Waals surface area contributed by atoms with Gasteiger partial charge in [-0.15, -0.1) is 0 Å². The number of hydrogen-bond acceptors (Lipinski definition) is 4. The molecule has 1 aromatic heterocycles. The highest BCUT2D eigenvalue weighted by molar-refractivity contribution is 6.30. The van der Waals surface area contributed by atoms with Gasteiger partial charge in [0.1, 0.15) is 0 Å². The number of hydrogen-bond donors (Lipinski definition) is 3. The SMILES string of the molecule is O=C(Nc1cccc(CNc2ncc(Cl)cn2)c1)NC1CC1. The summed E-state index contributed by atoms with van der Waals surface area (Å²) >= 11 is 5.74. The molecule has 3 N–H and O–H groups in total. The van der Waals surface area contributed by atoms with E-state index in [1.165, 1.54) is 12.4 Å². The van der Waals surface area contributed by atoms with Crippen molar-refractivity contribution in [1.82, 2.24) is 15.3 Å². The minimum atomic E-state index is -0.159. The third-order valence-electron chi connectivity index (χ3n) is 3.17. The van der Waals surface area contributed by atoms with Crippen LogP contribution in [0.25, 0.3) is 0 Å². The average Bonchev–Trinajstić information content (AvgIpc) is 3.31. The third-order valence-corrected chi connectivity index (χ3v) is 3.36. The molecule has 2 aromatic rings. The molecule has 7 heteroatoms. The normalized spacial score (nSPS) is 13.5. The summed E-state index contributed by atoms with van der Waals surface area (Å²) in [6.45, 7) is 0.557. The van der Waals surface area contributed by atoms with Gasteiger partial charge >= 0.3 is 6.03 Å². The zero-order valence-corrected chi connectivity index (χ0v) is 12.6. The van der Waals surface area contributed by atoms with Crippen LogP contribution in [0.15, 0.2) is 36.7 Å². The molecule has 1 aromatic carbocycles. The molecule has 0 atom stereocenters. The van der Waals surface area contributed by atoms with Gasteiger partial charge in [0.05, 0.1) is 17.4 Å². The number of amides is 2. The van der Waals surface area contributed by atoms with Crippen LogP contribution >= 0.6 is 11.6 Å². The molecule has 0 saturated heterocycles. The van der Waals surface area contributed by atoms with Gasteiger partial charge in [0, 0.05) is 18.3 Å². The van der Waals surface area contributed by atoms with Gasteiger partial charge in [0.2, 0.25) is 5.95 Å². The zero-order valence-electron chi connectivity index (χ0n) is 11.8. The lowest BCUT2D eigenvalue weighted by Gasteiger charge is -2.09. The number of nitrogens with one attached hydrogen (secondary N) is 3. The predicted octanol–water partition coefficient (Wildman–Crippen LogP) is 3.03. The maximum absolute atomic E-state index is 11.7. The Balaban J connectivity index is 1.55. The molecular formula is C15H16ClN5O. The van der Waals surface area contributed by atoms with E-state index in [1.54, 1.807) is 0 Å². The van der Waals surface area contributed by atoms with Crippen LogP contribution < -0.4 is 16.0 Å². The first-order valence-electron chi connectivity index (χ1n) is 7.07. The van der Waals surface area contributed by atoms with Gasteiger partial charge in [-0.2, -0.15) is 0 Å². The molecule has 114 valence electrons. The van der Waals surface area contributed by atoms with E-state index in [4.69, 9.17) is 11.6 Å². The summed E-state index contributed by atoms with van der Waals surface area (Å²) in [5, 5.41) is 9.32. The molecule has 6 nitrogen and oxygen atoms in total. The van der Waals surface area contributed by atoms with Crippen molar-refractivity contribution in [1.29, 1.82) is 0 Å². The van der Waals surface area contributed by atoms with Crippen LogP contribution in [0.1, 0.15) is 18.4 Å². The number of urea groups is 1.